The van der Waals surface area contributed by atoms with Crippen molar-refractivity contribution >= 4 is 17.5 Å². The SMILES string of the molecule is CCCCCCCCC=CCC=CCCCCC(=O)O[C@H](CC=C(C)C)C1=CC(=O)c2c(O)ccc(O)c2C1=O. The molecule has 40 heavy (non-hydrogen) atoms. The van der Waals surface area contributed by atoms with E-state index in [9.17, 15) is 24.6 Å². The first kappa shape index (κ1) is 32.8. The maximum Gasteiger partial charge on any atom is 0.306 e. The van der Waals surface area contributed by atoms with E-state index in [1.54, 1.807) is 0 Å². The summed E-state index contributed by atoms with van der Waals surface area (Å²) < 4.78 is 5.67. The predicted molar refractivity (Wildman–Crippen MR) is 160 cm³/mol. The molecule has 2 N–H and O–H groups in total. The van der Waals surface area contributed by atoms with Crippen LogP contribution in [-0.4, -0.2) is 33.9 Å². The van der Waals surface area contributed by atoms with E-state index in [-0.39, 0.29) is 35.3 Å². The fourth-order valence-corrected chi connectivity index (χ4v) is 4.60. The minimum atomic E-state index is -0.961. The number of benzene rings is 1. The smallest absolute Gasteiger partial charge is 0.306 e. The first-order valence-electron chi connectivity index (χ1n) is 14.7. The number of carbonyl (C=O) groups excluding carboxylic acids is 3. The lowest BCUT2D eigenvalue weighted by atomic mass is 9.85. The van der Waals surface area contributed by atoms with Crippen LogP contribution in [0.1, 0.15) is 125 Å². The molecule has 0 aliphatic heterocycles. The molecule has 0 aromatic heterocycles. The number of phenolic OH excluding ortho intramolecular Hbond substituents is 2. The van der Waals surface area contributed by atoms with E-state index in [2.05, 4.69) is 31.2 Å². The van der Waals surface area contributed by atoms with Crippen LogP contribution in [0.15, 0.2) is 59.7 Å². The van der Waals surface area contributed by atoms with Crippen LogP contribution >= 0.6 is 0 Å². The van der Waals surface area contributed by atoms with Crippen LogP contribution in [0.2, 0.25) is 0 Å². The Balaban J connectivity index is 1.80. The Morgan fingerprint density at radius 3 is 2.10 bits per heavy atom. The lowest BCUT2D eigenvalue weighted by Gasteiger charge is -2.23. The van der Waals surface area contributed by atoms with Crippen molar-refractivity contribution in [3.8, 4) is 11.5 Å². The van der Waals surface area contributed by atoms with Crippen molar-refractivity contribution in [3.05, 3.63) is 70.9 Å². The number of aromatic hydroxyl groups is 2. The normalized spacial score (nSPS) is 13.9. The topological polar surface area (TPSA) is 101 Å². The number of hydrogen-bond acceptors (Lipinski definition) is 6. The highest BCUT2D eigenvalue weighted by Gasteiger charge is 2.35. The molecule has 2 rings (SSSR count). The molecular formula is C34H46O6. The van der Waals surface area contributed by atoms with Gasteiger partial charge < -0.3 is 14.9 Å². The second kappa shape index (κ2) is 18.0. The van der Waals surface area contributed by atoms with Gasteiger partial charge in [-0.05, 0) is 70.6 Å². The maximum absolute atomic E-state index is 13.2. The molecule has 0 radical (unpaired) electrons. The fraction of sp³-hybridized carbons (Fsp3) is 0.500. The van der Waals surface area contributed by atoms with E-state index in [0.29, 0.717) is 6.42 Å². The standard InChI is InChI=1S/C34H46O6/c1-4-5-6-7-8-9-10-11-12-13-14-15-16-17-18-19-31(38)40-30(23-20-25(2)3)26-24-29(37)32-27(35)21-22-28(36)33(32)34(26)39/h11-12,14-15,20-22,24,30,35-36H,4-10,13,16-19,23H2,1-3H3/t30-/m1/s1. The largest absolute Gasteiger partial charge is 0.507 e. The molecule has 1 atom stereocenters. The van der Waals surface area contributed by atoms with Gasteiger partial charge in [0, 0.05) is 18.4 Å². The van der Waals surface area contributed by atoms with Crippen LogP contribution in [0.4, 0.5) is 0 Å². The summed E-state index contributed by atoms with van der Waals surface area (Å²) in [5.74, 6) is -2.46. The van der Waals surface area contributed by atoms with E-state index in [4.69, 9.17) is 4.74 Å². The number of ether oxygens (including phenoxy) is 1. The quantitative estimate of drug-likeness (QED) is 0.0822. The fourth-order valence-electron chi connectivity index (χ4n) is 4.60. The summed E-state index contributed by atoms with van der Waals surface area (Å²) in [6.45, 7) is 6.01. The van der Waals surface area contributed by atoms with Gasteiger partial charge in [-0.3, -0.25) is 14.4 Å². The number of allylic oxidation sites excluding steroid dienone is 6. The lowest BCUT2D eigenvalue weighted by molar-refractivity contribution is -0.147. The second-order valence-electron chi connectivity index (χ2n) is 10.6. The molecule has 1 aliphatic rings. The van der Waals surface area contributed by atoms with Crippen molar-refractivity contribution < 1.29 is 29.3 Å². The Morgan fingerprint density at radius 2 is 1.45 bits per heavy atom. The zero-order chi connectivity index (χ0) is 29.3. The van der Waals surface area contributed by atoms with Crippen LogP contribution in [0.5, 0.6) is 11.5 Å². The Morgan fingerprint density at radius 1 is 0.850 bits per heavy atom. The summed E-state index contributed by atoms with van der Waals surface area (Å²) in [7, 11) is 0. The number of Topliss-reactive ketones (excluding diaryl/α,β-unsaturated/α-hetero) is 1. The summed E-state index contributed by atoms with van der Waals surface area (Å²) in [5.41, 5.74) is 0.477. The van der Waals surface area contributed by atoms with Gasteiger partial charge in [-0.1, -0.05) is 75.0 Å². The molecule has 6 nitrogen and oxygen atoms in total. The van der Waals surface area contributed by atoms with Crippen molar-refractivity contribution in [1.29, 1.82) is 0 Å². The van der Waals surface area contributed by atoms with Gasteiger partial charge >= 0.3 is 5.97 Å². The van der Waals surface area contributed by atoms with Gasteiger partial charge in [0.1, 0.15) is 17.6 Å². The number of phenols is 2. The minimum absolute atomic E-state index is 0.00303. The molecule has 0 saturated heterocycles. The van der Waals surface area contributed by atoms with Gasteiger partial charge in [0.25, 0.3) is 0 Å². The molecule has 0 heterocycles. The molecule has 1 aromatic rings. The van der Waals surface area contributed by atoms with Gasteiger partial charge in [-0.2, -0.15) is 0 Å². The molecule has 0 fully saturated rings. The van der Waals surface area contributed by atoms with Crippen molar-refractivity contribution in [2.75, 3.05) is 0 Å². The number of ketones is 2. The lowest BCUT2D eigenvalue weighted by Crippen LogP contribution is -2.29. The third-order valence-electron chi connectivity index (χ3n) is 6.88. The second-order valence-corrected chi connectivity index (χ2v) is 10.6. The molecule has 0 spiro atoms. The summed E-state index contributed by atoms with van der Waals surface area (Å²) in [6, 6.07) is 2.34. The monoisotopic (exact) mass is 550 g/mol. The van der Waals surface area contributed by atoms with E-state index >= 15 is 0 Å². The average molecular weight is 551 g/mol. The van der Waals surface area contributed by atoms with Gasteiger partial charge in [0.2, 0.25) is 0 Å². The van der Waals surface area contributed by atoms with Crippen molar-refractivity contribution in [1.82, 2.24) is 0 Å². The molecule has 1 aliphatic carbocycles. The maximum atomic E-state index is 13.2. The molecule has 218 valence electrons. The molecule has 0 bridgehead atoms. The Labute approximate surface area is 239 Å². The molecule has 6 heteroatoms. The molecule has 0 amide bonds. The number of esters is 1. The highest BCUT2D eigenvalue weighted by atomic mass is 16.5. The first-order valence-corrected chi connectivity index (χ1v) is 14.7. The van der Waals surface area contributed by atoms with E-state index in [0.717, 1.165) is 37.3 Å². The average Bonchev–Trinajstić information content (AvgIpc) is 2.92. The molecular weight excluding hydrogens is 504 g/mol. The van der Waals surface area contributed by atoms with E-state index in [1.807, 2.05) is 19.9 Å². The number of rotatable bonds is 18. The molecule has 0 saturated carbocycles. The third kappa shape index (κ3) is 11.0. The highest BCUT2D eigenvalue weighted by molar-refractivity contribution is 6.27. The van der Waals surface area contributed by atoms with E-state index < -0.39 is 29.4 Å². The Hall–Kier alpha value is -3.41. The Bertz CT molecular complexity index is 1120. The van der Waals surface area contributed by atoms with Crippen molar-refractivity contribution in [2.24, 2.45) is 0 Å². The van der Waals surface area contributed by atoms with Crippen LogP contribution in [-0.2, 0) is 9.53 Å². The first-order chi connectivity index (χ1) is 19.3. The zero-order valence-electron chi connectivity index (χ0n) is 24.4. The summed E-state index contributed by atoms with van der Waals surface area (Å²) in [4.78, 5) is 38.5. The van der Waals surface area contributed by atoms with Crippen molar-refractivity contribution in [3.63, 3.8) is 0 Å². The number of hydrogen-bond donors (Lipinski definition) is 2. The van der Waals surface area contributed by atoms with Crippen LogP contribution in [0.25, 0.3) is 0 Å². The van der Waals surface area contributed by atoms with Crippen LogP contribution < -0.4 is 0 Å². The number of fused-ring (bicyclic) bond motifs is 1. The van der Waals surface area contributed by atoms with Gasteiger partial charge in [-0.15, -0.1) is 0 Å². The number of unbranched alkanes of at least 4 members (excludes halogenated alkanes) is 8. The van der Waals surface area contributed by atoms with E-state index in [1.165, 1.54) is 50.7 Å². The predicted octanol–water partition coefficient (Wildman–Crippen LogP) is 8.48. The number of carbonyl (C=O) groups is 3. The summed E-state index contributed by atoms with van der Waals surface area (Å²) in [5, 5.41) is 20.3. The summed E-state index contributed by atoms with van der Waals surface area (Å²) >= 11 is 0. The van der Waals surface area contributed by atoms with Gasteiger partial charge in [0.05, 0.1) is 11.1 Å². The van der Waals surface area contributed by atoms with Crippen LogP contribution in [0.3, 0.4) is 0 Å². The van der Waals surface area contributed by atoms with Gasteiger partial charge in [0.15, 0.2) is 11.6 Å². The van der Waals surface area contributed by atoms with Crippen LogP contribution in [0, 0.1) is 0 Å². The van der Waals surface area contributed by atoms with Gasteiger partial charge in [-0.25, -0.2) is 0 Å². The highest BCUT2D eigenvalue weighted by Crippen LogP contribution is 2.36. The minimum Gasteiger partial charge on any atom is -0.507 e. The third-order valence-corrected chi connectivity index (χ3v) is 6.88. The summed E-state index contributed by atoms with van der Waals surface area (Å²) in [6.07, 6.45) is 23.5. The Kier molecular flexibility index (Phi) is 14.8. The zero-order valence-corrected chi connectivity index (χ0v) is 24.4. The van der Waals surface area contributed by atoms with Crippen molar-refractivity contribution in [2.45, 2.75) is 110 Å². The molecule has 1 aromatic carbocycles. The molecule has 0 unspecified atom stereocenters.